The first-order chi connectivity index (χ1) is 7.28. The van der Waals surface area contributed by atoms with E-state index in [1.807, 2.05) is 24.3 Å². The van der Waals surface area contributed by atoms with Gasteiger partial charge in [-0.05, 0) is 30.5 Å². The fourth-order valence-electron chi connectivity index (χ4n) is 1.44. The van der Waals surface area contributed by atoms with Gasteiger partial charge >= 0.3 is 0 Å². The van der Waals surface area contributed by atoms with Crippen LogP contribution in [0.2, 0.25) is 0 Å². The lowest BCUT2D eigenvalue weighted by Gasteiger charge is -2.04. The summed E-state index contributed by atoms with van der Waals surface area (Å²) in [5, 5.41) is 2.96. The van der Waals surface area contributed by atoms with Crippen molar-refractivity contribution in [1.82, 2.24) is 5.32 Å². The zero-order valence-electron chi connectivity index (χ0n) is 8.82. The van der Waals surface area contributed by atoms with Crippen LogP contribution in [0, 0.1) is 0 Å². The van der Waals surface area contributed by atoms with Crippen molar-refractivity contribution in [2.24, 2.45) is 0 Å². The molecule has 0 spiro atoms. The van der Waals surface area contributed by atoms with Gasteiger partial charge in [-0.15, -0.1) is 0 Å². The summed E-state index contributed by atoms with van der Waals surface area (Å²) in [6.07, 6.45) is 2.73. The van der Waals surface area contributed by atoms with E-state index in [0.717, 1.165) is 24.2 Å². The van der Waals surface area contributed by atoms with Gasteiger partial charge in [0, 0.05) is 6.04 Å². The molecular formula is C12H15NO2. The van der Waals surface area contributed by atoms with Gasteiger partial charge < -0.3 is 10.1 Å². The number of hydrogen-bond donors (Lipinski definition) is 1. The molecular weight excluding hydrogens is 190 g/mol. The Morgan fingerprint density at radius 3 is 2.60 bits per heavy atom. The van der Waals surface area contributed by atoms with Gasteiger partial charge in [0.1, 0.15) is 5.75 Å². The molecule has 1 fully saturated rings. The highest BCUT2D eigenvalue weighted by atomic mass is 16.5. The van der Waals surface area contributed by atoms with Gasteiger partial charge in [0.05, 0.1) is 13.5 Å². The van der Waals surface area contributed by atoms with Crippen LogP contribution in [0.3, 0.4) is 0 Å². The van der Waals surface area contributed by atoms with Crippen LogP contribution in [-0.2, 0) is 11.2 Å². The van der Waals surface area contributed by atoms with E-state index in [1.165, 1.54) is 0 Å². The summed E-state index contributed by atoms with van der Waals surface area (Å²) in [7, 11) is 1.63. The third kappa shape index (κ3) is 2.98. The standard InChI is InChI=1S/C12H15NO2/c1-15-11-6-2-9(3-7-11)8-12(14)13-10-4-5-10/h2-3,6-7,10H,4-5,8H2,1H3,(H,13,14). The molecule has 15 heavy (non-hydrogen) atoms. The lowest BCUT2D eigenvalue weighted by molar-refractivity contribution is -0.120. The monoisotopic (exact) mass is 205 g/mol. The number of nitrogens with one attached hydrogen (secondary N) is 1. The number of ether oxygens (including phenoxy) is 1. The number of amides is 1. The van der Waals surface area contributed by atoms with Crippen molar-refractivity contribution in [2.45, 2.75) is 25.3 Å². The summed E-state index contributed by atoms with van der Waals surface area (Å²) < 4.78 is 5.05. The molecule has 1 aliphatic carbocycles. The van der Waals surface area contributed by atoms with E-state index in [9.17, 15) is 4.79 Å². The first-order valence-corrected chi connectivity index (χ1v) is 5.20. The van der Waals surface area contributed by atoms with Gasteiger partial charge in [0.2, 0.25) is 5.91 Å². The first-order valence-electron chi connectivity index (χ1n) is 5.20. The maximum atomic E-state index is 11.5. The van der Waals surface area contributed by atoms with E-state index in [4.69, 9.17) is 4.74 Å². The van der Waals surface area contributed by atoms with Crippen LogP contribution in [0.1, 0.15) is 18.4 Å². The Kier molecular flexibility index (Phi) is 2.90. The molecule has 0 aromatic heterocycles. The third-order valence-electron chi connectivity index (χ3n) is 2.47. The summed E-state index contributed by atoms with van der Waals surface area (Å²) in [6, 6.07) is 8.03. The van der Waals surface area contributed by atoms with Crippen LogP contribution in [0.5, 0.6) is 5.75 Å². The zero-order valence-corrected chi connectivity index (χ0v) is 8.82. The summed E-state index contributed by atoms with van der Waals surface area (Å²) in [4.78, 5) is 11.5. The van der Waals surface area contributed by atoms with Crippen molar-refractivity contribution in [2.75, 3.05) is 7.11 Å². The predicted octanol–water partition coefficient (Wildman–Crippen LogP) is 1.52. The number of carbonyl (C=O) groups excluding carboxylic acids is 1. The molecule has 0 atom stereocenters. The van der Waals surface area contributed by atoms with Crippen molar-refractivity contribution in [3.63, 3.8) is 0 Å². The second kappa shape index (κ2) is 4.34. The molecule has 1 amide bonds. The highest BCUT2D eigenvalue weighted by molar-refractivity contribution is 5.79. The minimum Gasteiger partial charge on any atom is -0.497 e. The SMILES string of the molecule is COc1ccc(CC(=O)NC2CC2)cc1. The van der Waals surface area contributed by atoms with Gasteiger partial charge in [-0.25, -0.2) is 0 Å². The molecule has 0 unspecified atom stereocenters. The van der Waals surface area contributed by atoms with Crippen LogP contribution >= 0.6 is 0 Å². The molecule has 0 bridgehead atoms. The lowest BCUT2D eigenvalue weighted by Crippen LogP contribution is -2.26. The average Bonchev–Trinajstić information content (AvgIpc) is 3.03. The minimum absolute atomic E-state index is 0.114. The van der Waals surface area contributed by atoms with Crippen LogP contribution in [0.25, 0.3) is 0 Å². The molecule has 0 radical (unpaired) electrons. The van der Waals surface area contributed by atoms with E-state index in [0.29, 0.717) is 12.5 Å². The normalized spacial score (nSPS) is 14.7. The Morgan fingerprint density at radius 1 is 1.40 bits per heavy atom. The van der Waals surface area contributed by atoms with Crippen molar-refractivity contribution in [3.05, 3.63) is 29.8 Å². The fraction of sp³-hybridized carbons (Fsp3) is 0.417. The molecule has 1 N–H and O–H groups in total. The summed E-state index contributed by atoms with van der Waals surface area (Å²) in [6.45, 7) is 0. The maximum Gasteiger partial charge on any atom is 0.224 e. The number of hydrogen-bond acceptors (Lipinski definition) is 2. The van der Waals surface area contributed by atoms with Crippen LogP contribution < -0.4 is 10.1 Å². The van der Waals surface area contributed by atoms with Gasteiger partial charge in [0.25, 0.3) is 0 Å². The second-order valence-corrected chi connectivity index (χ2v) is 3.87. The molecule has 1 saturated carbocycles. The second-order valence-electron chi connectivity index (χ2n) is 3.87. The van der Waals surface area contributed by atoms with E-state index in [1.54, 1.807) is 7.11 Å². The van der Waals surface area contributed by atoms with Crippen LogP contribution in [-0.4, -0.2) is 19.1 Å². The highest BCUT2D eigenvalue weighted by Gasteiger charge is 2.22. The minimum atomic E-state index is 0.114. The van der Waals surface area contributed by atoms with Crippen molar-refractivity contribution in [1.29, 1.82) is 0 Å². The molecule has 2 rings (SSSR count). The average molecular weight is 205 g/mol. The Balaban J connectivity index is 1.88. The topological polar surface area (TPSA) is 38.3 Å². The van der Waals surface area contributed by atoms with Gasteiger partial charge in [-0.2, -0.15) is 0 Å². The van der Waals surface area contributed by atoms with Crippen molar-refractivity contribution in [3.8, 4) is 5.75 Å². The summed E-state index contributed by atoms with van der Waals surface area (Å²) >= 11 is 0. The molecule has 0 saturated heterocycles. The Labute approximate surface area is 89.4 Å². The van der Waals surface area contributed by atoms with Gasteiger partial charge in [-0.3, -0.25) is 4.79 Å². The van der Waals surface area contributed by atoms with Gasteiger partial charge in [0.15, 0.2) is 0 Å². The maximum absolute atomic E-state index is 11.5. The zero-order chi connectivity index (χ0) is 10.7. The van der Waals surface area contributed by atoms with Crippen molar-refractivity contribution < 1.29 is 9.53 Å². The number of benzene rings is 1. The molecule has 0 aliphatic heterocycles. The van der Waals surface area contributed by atoms with Gasteiger partial charge in [-0.1, -0.05) is 12.1 Å². The molecule has 1 aliphatic rings. The summed E-state index contributed by atoms with van der Waals surface area (Å²) in [5.74, 6) is 0.934. The van der Waals surface area contributed by atoms with E-state index >= 15 is 0 Å². The quantitative estimate of drug-likeness (QED) is 0.809. The molecule has 3 nitrogen and oxygen atoms in total. The molecule has 1 aromatic carbocycles. The van der Waals surface area contributed by atoms with Crippen LogP contribution in [0.4, 0.5) is 0 Å². The molecule has 80 valence electrons. The lowest BCUT2D eigenvalue weighted by atomic mass is 10.1. The predicted molar refractivity (Wildman–Crippen MR) is 57.9 cm³/mol. The summed E-state index contributed by atoms with van der Waals surface area (Å²) in [5.41, 5.74) is 1.02. The van der Waals surface area contributed by atoms with Crippen LogP contribution in [0.15, 0.2) is 24.3 Å². The number of methoxy groups -OCH3 is 1. The molecule has 1 aromatic rings. The molecule has 3 heteroatoms. The van der Waals surface area contributed by atoms with E-state index in [-0.39, 0.29) is 5.91 Å². The van der Waals surface area contributed by atoms with Crippen molar-refractivity contribution >= 4 is 5.91 Å². The smallest absolute Gasteiger partial charge is 0.224 e. The Hall–Kier alpha value is -1.51. The van der Waals surface area contributed by atoms with E-state index in [2.05, 4.69) is 5.32 Å². The highest BCUT2D eigenvalue weighted by Crippen LogP contribution is 2.19. The largest absolute Gasteiger partial charge is 0.497 e. The number of rotatable bonds is 4. The number of carbonyl (C=O) groups is 1. The molecule has 0 heterocycles. The first kappa shape index (κ1) is 10.0. The Bertz CT molecular complexity index is 341. The fourth-order valence-corrected chi connectivity index (χ4v) is 1.44. The van der Waals surface area contributed by atoms with E-state index < -0.39 is 0 Å². The third-order valence-corrected chi connectivity index (χ3v) is 2.47. The Morgan fingerprint density at radius 2 is 2.07 bits per heavy atom.